The lowest BCUT2D eigenvalue weighted by Crippen LogP contribution is -2.31. The van der Waals surface area contributed by atoms with E-state index in [9.17, 15) is 0 Å². The highest BCUT2D eigenvalue weighted by Crippen LogP contribution is 2.26. The number of hydrogen-bond acceptors (Lipinski definition) is 3. The van der Waals surface area contributed by atoms with E-state index in [0.717, 1.165) is 11.3 Å². The molecular formula is C12H18N2O2. The average molecular weight is 222 g/mol. The third-order valence-electron chi connectivity index (χ3n) is 2.38. The van der Waals surface area contributed by atoms with Crippen LogP contribution in [0, 0.1) is 0 Å². The van der Waals surface area contributed by atoms with Crippen molar-refractivity contribution in [3.8, 4) is 5.75 Å². The standard InChI is InChI=1S/C12H18N2O2/c1-8(2)10-6-4-5-7-11(10)16-9(3)12(13)14-15/h4-9,15H,1-3H3,(H2,13,14). The molecule has 0 bridgehead atoms. The zero-order chi connectivity index (χ0) is 12.1. The smallest absolute Gasteiger partial charge is 0.180 e. The van der Waals surface area contributed by atoms with Crippen molar-refractivity contribution in [2.45, 2.75) is 32.8 Å². The molecule has 1 atom stereocenters. The maximum Gasteiger partial charge on any atom is 0.180 e. The number of rotatable bonds is 4. The third kappa shape index (κ3) is 2.89. The molecule has 0 saturated carbocycles. The van der Waals surface area contributed by atoms with Gasteiger partial charge in [0.25, 0.3) is 0 Å². The number of nitrogens with zero attached hydrogens (tertiary/aromatic N) is 1. The normalized spacial score (nSPS) is 13.9. The first kappa shape index (κ1) is 12.4. The molecule has 1 aromatic carbocycles. The summed E-state index contributed by atoms with van der Waals surface area (Å²) < 4.78 is 5.64. The van der Waals surface area contributed by atoms with Crippen LogP contribution in [0.15, 0.2) is 29.4 Å². The zero-order valence-electron chi connectivity index (χ0n) is 9.84. The molecule has 0 amide bonds. The first-order valence-corrected chi connectivity index (χ1v) is 5.29. The molecule has 1 unspecified atom stereocenters. The van der Waals surface area contributed by atoms with Crippen LogP contribution in [0.25, 0.3) is 0 Å². The van der Waals surface area contributed by atoms with E-state index in [0.29, 0.717) is 5.92 Å². The second-order valence-corrected chi connectivity index (χ2v) is 3.98. The maximum atomic E-state index is 8.54. The van der Waals surface area contributed by atoms with Crippen LogP contribution >= 0.6 is 0 Å². The second-order valence-electron chi connectivity index (χ2n) is 3.98. The zero-order valence-corrected chi connectivity index (χ0v) is 9.84. The molecule has 3 N–H and O–H groups in total. The summed E-state index contributed by atoms with van der Waals surface area (Å²) in [5.41, 5.74) is 6.58. The van der Waals surface area contributed by atoms with Crippen LogP contribution < -0.4 is 10.5 Å². The first-order chi connectivity index (χ1) is 7.56. The Labute approximate surface area is 95.7 Å². The van der Waals surface area contributed by atoms with Crippen molar-refractivity contribution in [2.24, 2.45) is 10.9 Å². The number of hydrogen-bond donors (Lipinski definition) is 2. The Morgan fingerprint density at radius 1 is 1.31 bits per heavy atom. The lowest BCUT2D eigenvalue weighted by molar-refractivity contribution is 0.263. The van der Waals surface area contributed by atoms with Gasteiger partial charge in [-0.15, -0.1) is 0 Å². The van der Waals surface area contributed by atoms with E-state index in [-0.39, 0.29) is 5.84 Å². The van der Waals surface area contributed by atoms with Gasteiger partial charge in [-0.2, -0.15) is 0 Å². The molecule has 1 rings (SSSR count). The van der Waals surface area contributed by atoms with E-state index in [1.54, 1.807) is 6.92 Å². The number of oxime groups is 1. The SMILES string of the molecule is CC(Oc1ccccc1C(C)C)C(N)=NO. The van der Waals surface area contributed by atoms with Gasteiger partial charge in [0.1, 0.15) is 5.75 Å². The summed E-state index contributed by atoms with van der Waals surface area (Å²) in [5, 5.41) is 11.5. The van der Waals surface area contributed by atoms with Gasteiger partial charge in [0.2, 0.25) is 0 Å². The first-order valence-electron chi connectivity index (χ1n) is 5.29. The second kappa shape index (κ2) is 5.39. The third-order valence-corrected chi connectivity index (χ3v) is 2.38. The minimum Gasteiger partial charge on any atom is -0.482 e. The molecular weight excluding hydrogens is 204 g/mol. The van der Waals surface area contributed by atoms with Crippen LogP contribution in [0.2, 0.25) is 0 Å². The molecule has 0 fully saturated rings. The van der Waals surface area contributed by atoms with E-state index in [1.807, 2.05) is 24.3 Å². The van der Waals surface area contributed by atoms with Crippen molar-refractivity contribution < 1.29 is 9.94 Å². The fourth-order valence-electron chi connectivity index (χ4n) is 1.40. The summed E-state index contributed by atoms with van der Waals surface area (Å²) in [7, 11) is 0. The number of benzene rings is 1. The predicted octanol–water partition coefficient (Wildman–Crippen LogP) is 2.32. The summed E-state index contributed by atoms with van der Waals surface area (Å²) in [5.74, 6) is 1.21. The fraction of sp³-hybridized carbons (Fsp3) is 0.417. The highest BCUT2D eigenvalue weighted by molar-refractivity contribution is 5.84. The molecule has 1 aromatic rings. The molecule has 0 aliphatic rings. The Morgan fingerprint density at radius 3 is 2.50 bits per heavy atom. The monoisotopic (exact) mass is 222 g/mol. The molecule has 0 aliphatic carbocycles. The summed E-state index contributed by atoms with van der Waals surface area (Å²) in [6, 6.07) is 7.77. The molecule has 16 heavy (non-hydrogen) atoms. The molecule has 0 spiro atoms. The minimum atomic E-state index is -0.440. The van der Waals surface area contributed by atoms with E-state index >= 15 is 0 Å². The topological polar surface area (TPSA) is 67.8 Å². The van der Waals surface area contributed by atoms with Gasteiger partial charge in [-0.1, -0.05) is 37.2 Å². The van der Waals surface area contributed by atoms with Crippen molar-refractivity contribution in [3.63, 3.8) is 0 Å². The van der Waals surface area contributed by atoms with Gasteiger partial charge >= 0.3 is 0 Å². The molecule has 0 heterocycles. The van der Waals surface area contributed by atoms with Crippen LogP contribution in [0.3, 0.4) is 0 Å². The largest absolute Gasteiger partial charge is 0.482 e. The van der Waals surface area contributed by atoms with Crippen molar-refractivity contribution in [2.75, 3.05) is 0 Å². The molecule has 0 radical (unpaired) electrons. The van der Waals surface area contributed by atoms with Crippen LogP contribution in [0.5, 0.6) is 5.75 Å². The van der Waals surface area contributed by atoms with Crippen LogP contribution in [0.4, 0.5) is 0 Å². The van der Waals surface area contributed by atoms with Crippen molar-refractivity contribution in [1.82, 2.24) is 0 Å². The van der Waals surface area contributed by atoms with E-state index in [4.69, 9.17) is 15.7 Å². The lowest BCUT2D eigenvalue weighted by atomic mass is 10.0. The highest BCUT2D eigenvalue weighted by atomic mass is 16.5. The molecule has 88 valence electrons. The van der Waals surface area contributed by atoms with E-state index in [2.05, 4.69) is 19.0 Å². The molecule has 0 aromatic heterocycles. The molecule has 0 aliphatic heterocycles. The van der Waals surface area contributed by atoms with Crippen LogP contribution in [-0.4, -0.2) is 17.1 Å². The Bertz CT molecular complexity index is 375. The van der Waals surface area contributed by atoms with Gasteiger partial charge in [0, 0.05) is 0 Å². The highest BCUT2D eigenvalue weighted by Gasteiger charge is 2.13. The van der Waals surface area contributed by atoms with Crippen LogP contribution in [0.1, 0.15) is 32.3 Å². The van der Waals surface area contributed by atoms with Crippen molar-refractivity contribution in [3.05, 3.63) is 29.8 Å². The number of nitrogens with two attached hydrogens (primary N) is 1. The Kier molecular flexibility index (Phi) is 4.17. The molecule has 0 saturated heterocycles. The number of para-hydroxylation sites is 1. The quantitative estimate of drug-likeness (QED) is 0.355. The van der Waals surface area contributed by atoms with Gasteiger partial charge in [-0.3, -0.25) is 0 Å². The fourth-order valence-corrected chi connectivity index (χ4v) is 1.40. The van der Waals surface area contributed by atoms with Gasteiger partial charge in [0.05, 0.1) is 0 Å². The lowest BCUT2D eigenvalue weighted by Gasteiger charge is -2.17. The molecule has 4 heteroatoms. The van der Waals surface area contributed by atoms with Gasteiger partial charge in [-0.25, -0.2) is 0 Å². The maximum absolute atomic E-state index is 8.54. The predicted molar refractivity (Wildman–Crippen MR) is 64.0 cm³/mol. The Balaban J connectivity index is 2.89. The van der Waals surface area contributed by atoms with Crippen molar-refractivity contribution >= 4 is 5.84 Å². The van der Waals surface area contributed by atoms with Crippen LogP contribution in [-0.2, 0) is 0 Å². The summed E-state index contributed by atoms with van der Waals surface area (Å²) in [4.78, 5) is 0. The number of amidine groups is 1. The van der Waals surface area contributed by atoms with Gasteiger partial charge < -0.3 is 15.7 Å². The summed E-state index contributed by atoms with van der Waals surface area (Å²) in [6.07, 6.45) is -0.440. The van der Waals surface area contributed by atoms with E-state index < -0.39 is 6.10 Å². The Hall–Kier alpha value is -1.71. The minimum absolute atomic E-state index is 0.0681. The Morgan fingerprint density at radius 2 is 1.94 bits per heavy atom. The number of ether oxygens (including phenoxy) is 1. The van der Waals surface area contributed by atoms with Gasteiger partial charge in [-0.05, 0) is 24.5 Å². The summed E-state index contributed by atoms with van der Waals surface area (Å²) >= 11 is 0. The van der Waals surface area contributed by atoms with E-state index in [1.165, 1.54) is 0 Å². The molecule has 4 nitrogen and oxygen atoms in total. The average Bonchev–Trinajstić information content (AvgIpc) is 2.28. The van der Waals surface area contributed by atoms with Crippen molar-refractivity contribution in [1.29, 1.82) is 0 Å². The summed E-state index contributed by atoms with van der Waals surface area (Å²) in [6.45, 7) is 5.93. The van der Waals surface area contributed by atoms with Gasteiger partial charge in [0.15, 0.2) is 11.9 Å².